The van der Waals surface area contributed by atoms with Crippen molar-refractivity contribution in [1.29, 1.82) is 0 Å². The van der Waals surface area contributed by atoms with Crippen LogP contribution in [-0.2, 0) is 10.8 Å². The number of benzene rings is 4. The summed E-state index contributed by atoms with van der Waals surface area (Å²) in [6, 6.07) is 24.9. The number of rotatable bonds is 5. The van der Waals surface area contributed by atoms with E-state index in [9.17, 15) is 4.39 Å². The van der Waals surface area contributed by atoms with Crippen LogP contribution in [0.4, 0.5) is 4.39 Å². The molecule has 6 heteroatoms. The molecule has 49 heavy (non-hydrogen) atoms. The Morgan fingerprint density at radius 1 is 0.673 bits per heavy atom. The summed E-state index contributed by atoms with van der Waals surface area (Å²) in [5.41, 5.74) is 11.8. The molecule has 0 N–H and O–H groups in total. The van der Waals surface area contributed by atoms with E-state index in [0.717, 1.165) is 33.1 Å². The predicted octanol–water partition coefficient (Wildman–Crippen LogP) is 11.5. The maximum atomic E-state index is 14.3. The van der Waals surface area contributed by atoms with Crippen molar-refractivity contribution in [2.24, 2.45) is 0 Å². The Morgan fingerprint density at radius 2 is 1.35 bits per heavy atom. The van der Waals surface area contributed by atoms with Gasteiger partial charge in [-0.2, -0.15) is 5.10 Å². The predicted molar refractivity (Wildman–Crippen MR) is 199 cm³/mol. The first kappa shape index (κ1) is 32.3. The van der Waals surface area contributed by atoms with E-state index in [1.807, 2.05) is 70.0 Å². The number of hydrogen-bond acceptors (Lipinski definition) is 3. The molecule has 5 nitrogen and oxygen atoms in total. The van der Waals surface area contributed by atoms with E-state index < -0.39 is 0 Å². The summed E-state index contributed by atoms with van der Waals surface area (Å²) in [6.07, 6.45) is 5.63. The topological polar surface area (TPSA) is 44.9 Å². The average molecular weight is 651 g/mol. The lowest BCUT2D eigenvalue weighted by atomic mass is 9.70. The molecule has 0 aliphatic rings. The summed E-state index contributed by atoms with van der Waals surface area (Å²) < 4.78 is 24.7. The first-order valence-corrected chi connectivity index (χ1v) is 16.9. The van der Waals surface area contributed by atoms with Gasteiger partial charge >= 0.3 is 0 Å². The van der Waals surface area contributed by atoms with E-state index in [2.05, 4.69) is 85.6 Å². The summed E-state index contributed by atoms with van der Waals surface area (Å²) in [5.74, 6) is 1.54. The van der Waals surface area contributed by atoms with Gasteiger partial charge in [0.1, 0.15) is 23.1 Å². The van der Waals surface area contributed by atoms with Crippen LogP contribution in [0.15, 0.2) is 97.5 Å². The largest absolute Gasteiger partial charge is 0.457 e. The fourth-order valence-electron chi connectivity index (χ4n) is 7.52. The third-order valence-electron chi connectivity index (χ3n) is 9.65. The summed E-state index contributed by atoms with van der Waals surface area (Å²) >= 11 is 0. The van der Waals surface area contributed by atoms with Gasteiger partial charge in [0.2, 0.25) is 0 Å². The van der Waals surface area contributed by atoms with Gasteiger partial charge in [0.05, 0.1) is 22.9 Å². The van der Waals surface area contributed by atoms with E-state index in [0.29, 0.717) is 17.3 Å². The minimum absolute atomic E-state index is 0.0503. The van der Waals surface area contributed by atoms with Crippen LogP contribution >= 0.6 is 0 Å². The standard InChI is InChI=1S/C43H43FN4O/c1-26-27(2)40(42(4,5)6)39(41(28(26)3)43(7,8)9)29-24-46-47(25-29)31-13-12-14-32(22-31)49-33-17-18-35-34-15-10-11-16-36(34)48(37(35)23-33)38-21-30(44)19-20-45-38/h10-25H,1-9H3. The van der Waals surface area contributed by atoms with Crippen LogP contribution in [0.1, 0.15) is 69.4 Å². The molecule has 0 saturated heterocycles. The highest BCUT2D eigenvalue weighted by molar-refractivity contribution is 6.09. The normalized spacial score (nSPS) is 12.3. The van der Waals surface area contributed by atoms with E-state index in [4.69, 9.17) is 9.84 Å². The van der Waals surface area contributed by atoms with Crippen LogP contribution in [0.3, 0.4) is 0 Å². The molecule has 7 rings (SSSR count). The number of halogens is 1. The molecular weight excluding hydrogens is 607 g/mol. The van der Waals surface area contributed by atoms with E-state index in [-0.39, 0.29) is 16.6 Å². The molecule has 0 atom stereocenters. The summed E-state index contributed by atoms with van der Waals surface area (Å²) in [5, 5.41) is 6.98. The van der Waals surface area contributed by atoms with Crippen molar-refractivity contribution in [2.45, 2.75) is 73.1 Å². The lowest BCUT2D eigenvalue weighted by Crippen LogP contribution is -2.23. The number of para-hydroxylation sites is 1. The molecular formula is C43H43FN4O. The number of hydrogen-bond donors (Lipinski definition) is 0. The minimum Gasteiger partial charge on any atom is -0.457 e. The minimum atomic E-state index is -0.334. The highest BCUT2D eigenvalue weighted by Gasteiger charge is 2.31. The fraction of sp³-hybridized carbons (Fsp3) is 0.256. The second kappa shape index (κ2) is 11.7. The Morgan fingerprint density at radius 3 is 2.04 bits per heavy atom. The van der Waals surface area contributed by atoms with Crippen molar-refractivity contribution in [1.82, 2.24) is 19.3 Å². The Balaban J connectivity index is 1.29. The molecule has 0 aliphatic heterocycles. The molecule has 0 saturated carbocycles. The van der Waals surface area contributed by atoms with Crippen LogP contribution in [0.25, 0.3) is 44.4 Å². The zero-order chi connectivity index (χ0) is 34.8. The molecule has 0 radical (unpaired) electrons. The van der Waals surface area contributed by atoms with Crippen molar-refractivity contribution in [2.75, 3.05) is 0 Å². The zero-order valence-corrected chi connectivity index (χ0v) is 29.8. The van der Waals surface area contributed by atoms with E-state index in [1.54, 1.807) is 0 Å². The first-order chi connectivity index (χ1) is 23.2. The van der Waals surface area contributed by atoms with Crippen molar-refractivity contribution < 1.29 is 9.13 Å². The molecule has 3 heterocycles. The van der Waals surface area contributed by atoms with Gasteiger partial charge in [-0.15, -0.1) is 0 Å². The molecule has 0 bridgehead atoms. The molecule has 0 amide bonds. The lowest BCUT2D eigenvalue weighted by molar-refractivity contribution is 0.483. The monoisotopic (exact) mass is 650 g/mol. The van der Waals surface area contributed by atoms with Crippen molar-refractivity contribution >= 4 is 21.8 Å². The van der Waals surface area contributed by atoms with Crippen LogP contribution in [-0.4, -0.2) is 19.3 Å². The summed E-state index contributed by atoms with van der Waals surface area (Å²) in [6.45, 7) is 20.6. The van der Waals surface area contributed by atoms with Gasteiger partial charge in [-0.3, -0.25) is 4.57 Å². The average Bonchev–Trinajstić information content (AvgIpc) is 3.66. The molecule has 0 aliphatic carbocycles. The summed E-state index contributed by atoms with van der Waals surface area (Å²) in [7, 11) is 0. The Labute approximate surface area is 288 Å². The maximum Gasteiger partial charge on any atom is 0.140 e. The molecule has 0 fully saturated rings. The molecule has 248 valence electrons. The van der Waals surface area contributed by atoms with Gasteiger partial charge in [0.15, 0.2) is 0 Å². The number of aromatic nitrogens is 4. The van der Waals surface area contributed by atoms with Crippen LogP contribution in [0, 0.1) is 26.6 Å². The van der Waals surface area contributed by atoms with Gasteiger partial charge in [-0.25, -0.2) is 14.1 Å². The van der Waals surface area contributed by atoms with Crippen molar-refractivity contribution in [3.05, 3.63) is 131 Å². The van der Waals surface area contributed by atoms with Gasteiger partial charge in [-0.05, 0) is 101 Å². The zero-order valence-electron chi connectivity index (χ0n) is 29.8. The summed E-state index contributed by atoms with van der Waals surface area (Å²) in [4.78, 5) is 4.49. The molecule has 3 aromatic heterocycles. The number of ether oxygens (including phenoxy) is 1. The molecule has 0 spiro atoms. The van der Waals surface area contributed by atoms with Gasteiger partial charge < -0.3 is 4.74 Å². The smallest absolute Gasteiger partial charge is 0.140 e. The second-order valence-corrected chi connectivity index (χ2v) is 15.1. The highest BCUT2D eigenvalue weighted by Crippen LogP contribution is 2.45. The third kappa shape index (κ3) is 5.69. The van der Waals surface area contributed by atoms with E-state index >= 15 is 0 Å². The Hall–Kier alpha value is -5.23. The van der Waals surface area contributed by atoms with E-state index in [1.165, 1.54) is 51.7 Å². The Kier molecular flexibility index (Phi) is 7.74. The van der Waals surface area contributed by atoms with Gasteiger partial charge in [0.25, 0.3) is 0 Å². The number of pyridine rings is 1. The van der Waals surface area contributed by atoms with Gasteiger partial charge in [0, 0.05) is 46.9 Å². The van der Waals surface area contributed by atoms with Crippen LogP contribution in [0.5, 0.6) is 11.5 Å². The lowest BCUT2D eigenvalue weighted by Gasteiger charge is -2.34. The number of fused-ring (bicyclic) bond motifs is 3. The fourth-order valence-corrected chi connectivity index (χ4v) is 7.52. The maximum absolute atomic E-state index is 14.3. The van der Waals surface area contributed by atoms with Crippen molar-refractivity contribution in [3.8, 4) is 34.1 Å². The molecule has 4 aromatic carbocycles. The molecule has 7 aromatic rings. The number of nitrogens with zero attached hydrogens (tertiary/aromatic N) is 4. The highest BCUT2D eigenvalue weighted by atomic mass is 19.1. The van der Waals surface area contributed by atoms with Gasteiger partial charge in [-0.1, -0.05) is 65.8 Å². The van der Waals surface area contributed by atoms with Crippen LogP contribution in [0.2, 0.25) is 0 Å². The SMILES string of the molecule is Cc1c(C)c(C(C)(C)C)c(-c2cnn(-c3cccc(Oc4ccc5c6ccccc6n(-c6cc(F)ccn6)c5c4)c3)c2)c(C(C)(C)C)c1C. The van der Waals surface area contributed by atoms with Crippen molar-refractivity contribution in [3.63, 3.8) is 0 Å². The third-order valence-corrected chi connectivity index (χ3v) is 9.65. The molecule has 0 unspecified atom stereocenters. The second-order valence-electron chi connectivity index (χ2n) is 15.1. The van der Waals surface area contributed by atoms with Crippen LogP contribution < -0.4 is 4.74 Å². The Bertz CT molecular complexity index is 2340. The first-order valence-electron chi connectivity index (χ1n) is 16.9. The quantitative estimate of drug-likeness (QED) is 0.186.